The topological polar surface area (TPSA) is 79.2 Å². The van der Waals surface area contributed by atoms with E-state index >= 15 is 0 Å². The molecule has 140 valence electrons. The van der Waals surface area contributed by atoms with E-state index in [4.69, 9.17) is 4.74 Å². The van der Waals surface area contributed by atoms with Crippen LogP contribution in [-0.2, 0) is 22.4 Å². The minimum absolute atomic E-state index is 0.379. The van der Waals surface area contributed by atoms with E-state index in [1.54, 1.807) is 12.1 Å². The van der Waals surface area contributed by atoms with Gasteiger partial charge in [-0.3, -0.25) is 4.79 Å². The Balaban J connectivity index is 1.65. The van der Waals surface area contributed by atoms with E-state index in [1.165, 1.54) is 16.2 Å². The standard InChI is InChI=1S/C21H22N2O3S/c1-12-4-5-16-17(10-22)20(27-18(16)9-12)23-19(24)11-26-21(25)15-7-13(2)6-14(3)8-15/h6-8,12H,4-5,9,11H2,1-3H3,(H,23,24)/t12-/m1/s1. The smallest absolute Gasteiger partial charge is 0.338 e. The van der Waals surface area contributed by atoms with Crippen molar-refractivity contribution in [3.8, 4) is 6.07 Å². The number of nitrogens with one attached hydrogen (secondary N) is 1. The molecule has 0 spiro atoms. The van der Waals surface area contributed by atoms with Crippen molar-refractivity contribution in [2.75, 3.05) is 11.9 Å². The summed E-state index contributed by atoms with van der Waals surface area (Å²) in [6.07, 6.45) is 2.86. The van der Waals surface area contributed by atoms with Crippen molar-refractivity contribution in [3.05, 3.63) is 50.9 Å². The quantitative estimate of drug-likeness (QED) is 0.806. The Morgan fingerprint density at radius 3 is 2.67 bits per heavy atom. The van der Waals surface area contributed by atoms with Crippen LogP contribution < -0.4 is 5.32 Å². The first-order valence-corrected chi connectivity index (χ1v) is 9.79. The van der Waals surface area contributed by atoms with Gasteiger partial charge in [0.1, 0.15) is 11.1 Å². The van der Waals surface area contributed by atoms with Crippen LogP contribution in [0.2, 0.25) is 0 Å². The van der Waals surface area contributed by atoms with Gasteiger partial charge in [-0.15, -0.1) is 11.3 Å². The Morgan fingerprint density at radius 1 is 1.30 bits per heavy atom. The highest BCUT2D eigenvalue weighted by Gasteiger charge is 2.24. The number of rotatable bonds is 4. The van der Waals surface area contributed by atoms with E-state index in [1.807, 2.05) is 19.9 Å². The second-order valence-corrected chi connectivity index (χ2v) is 8.27. The van der Waals surface area contributed by atoms with E-state index in [0.717, 1.165) is 36.0 Å². The van der Waals surface area contributed by atoms with Crippen LogP contribution in [0.1, 0.15) is 50.8 Å². The maximum Gasteiger partial charge on any atom is 0.338 e. The summed E-state index contributed by atoms with van der Waals surface area (Å²) in [7, 11) is 0. The molecule has 0 saturated carbocycles. The van der Waals surface area contributed by atoms with Gasteiger partial charge in [-0.25, -0.2) is 4.79 Å². The molecule has 3 rings (SSSR count). The number of nitrogens with zero attached hydrogens (tertiary/aromatic N) is 1. The Labute approximate surface area is 163 Å². The number of esters is 1. The van der Waals surface area contributed by atoms with Crippen molar-refractivity contribution < 1.29 is 14.3 Å². The normalized spacial score (nSPS) is 15.6. The average molecular weight is 382 g/mol. The third-order valence-electron chi connectivity index (χ3n) is 4.67. The summed E-state index contributed by atoms with van der Waals surface area (Å²) in [6.45, 7) is 5.62. The molecule has 1 aliphatic carbocycles. The Hall–Kier alpha value is -2.65. The van der Waals surface area contributed by atoms with Gasteiger partial charge in [0.15, 0.2) is 6.61 Å². The molecular weight excluding hydrogens is 360 g/mol. The molecule has 1 N–H and O–H groups in total. The fourth-order valence-electron chi connectivity index (χ4n) is 3.43. The molecule has 1 amide bonds. The second kappa shape index (κ2) is 7.93. The van der Waals surface area contributed by atoms with E-state index in [2.05, 4.69) is 18.3 Å². The van der Waals surface area contributed by atoms with Gasteiger partial charge in [-0.05, 0) is 56.7 Å². The molecule has 1 aromatic heterocycles. The Bertz CT molecular complexity index is 919. The highest BCUT2D eigenvalue weighted by Crippen LogP contribution is 2.39. The number of carbonyl (C=O) groups excluding carboxylic acids is 2. The maximum absolute atomic E-state index is 12.2. The summed E-state index contributed by atoms with van der Waals surface area (Å²) >= 11 is 1.46. The van der Waals surface area contributed by atoms with E-state index in [-0.39, 0.29) is 6.61 Å². The van der Waals surface area contributed by atoms with Crippen LogP contribution >= 0.6 is 11.3 Å². The zero-order valence-electron chi connectivity index (χ0n) is 15.7. The number of anilines is 1. The van der Waals surface area contributed by atoms with Crippen LogP contribution in [0, 0.1) is 31.1 Å². The second-order valence-electron chi connectivity index (χ2n) is 7.17. The van der Waals surface area contributed by atoms with Crippen molar-refractivity contribution in [2.45, 2.75) is 40.0 Å². The molecule has 1 aliphatic rings. The van der Waals surface area contributed by atoms with Crippen molar-refractivity contribution in [3.63, 3.8) is 0 Å². The summed E-state index contributed by atoms with van der Waals surface area (Å²) < 4.78 is 5.14. The van der Waals surface area contributed by atoms with Gasteiger partial charge in [0.05, 0.1) is 11.1 Å². The summed E-state index contributed by atoms with van der Waals surface area (Å²) in [5.74, 6) is -0.377. The number of carbonyl (C=O) groups is 2. The molecule has 2 aromatic rings. The number of benzene rings is 1. The first-order chi connectivity index (χ1) is 12.9. The SMILES string of the molecule is Cc1cc(C)cc(C(=O)OCC(=O)Nc2sc3c(c2C#N)CC[C@@H](C)C3)c1. The summed E-state index contributed by atoms with van der Waals surface area (Å²) in [4.78, 5) is 25.6. The van der Waals surface area contributed by atoms with Crippen LogP contribution in [0.3, 0.4) is 0 Å². The number of aryl methyl sites for hydroxylation is 2. The first kappa shape index (κ1) is 19.1. The molecule has 1 aromatic carbocycles. The fraction of sp³-hybridized carbons (Fsp3) is 0.381. The Kier molecular flexibility index (Phi) is 5.62. The first-order valence-electron chi connectivity index (χ1n) is 8.97. The minimum Gasteiger partial charge on any atom is -0.452 e. The summed E-state index contributed by atoms with van der Waals surface area (Å²) in [6, 6.07) is 7.64. The number of fused-ring (bicyclic) bond motifs is 1. The van der Waals surface area contributed by atoms with E-state index < -0.39 is 11.9 Å². The lowest BCUT2D eigenvalue weighted by Crippen LogP contribution is -2.21. The highest BCUT2D eigenvalue weighted by molar-refractivity contribution is 7.16. The van der Waals surface area contributed by atoms with Gasteiger partial charge in [0, 0.05) is 4.88 Å². The molecule has 27 heavy (non-hydrogen) atoms. The van der Waals surface area contributed by atoms with Crippen LogP contribution in [0.25, 0.3) is 0 Å². The van der Waals surface area contributed by atoms with E-state index in [9.17, 15) is 14.9 Å². The Morgan fingerprint density at radius 2 is 2.00 bits per heavy atom. The highest BCUT2D eigenvalue weighted by atomic mass is 32.1. The lowest BCUT2D eigenvalue weighted by atomic mass is 9.89. The molecule has 1 heterocycles. The molecular formula is C21H22N2O3S. The molecule has 5 nitrogen and oxygen atoms in total. The molecule has 0 fully saturated rings. The zero-order valence-corrected chi connectivity index (χ0v) is 16.5. The van der Waals surface area contributed by atoms with Crippen LogP contribution in [0.5, 0.6) is 0 Å². The lowest BCUT2D eigenvalue weighted by Gasteiger charge is -2.17. The lowest BCUT2D eigenvalue weighted by molar-refractivity contribution is -0.119. The third kappa shape index (κ3) is 4.37. The van der Waals surface area contributed by atoms with Crippen LogP contribution in [0.15, 0.2) is 18.2 Å². The van der Waals surface area contributed by atoms with Gasteiger partial charge in [-0.1, -0.05) is 24.1 Å². The number of hydrogen-bond acceptors (Lipinski definition) is 5. The monoisotopic (exact) mass is 382 g/mol. The van der Waals surface area contributed by atoms with Crippen molar-refractivity contribution >= 4 is 28.2 Å². The number of hydrogen-bond donors (Lipinski definition) is 1. The molecule has 6 heteroatoms. The molecule has 0 saturated heterocycles. The molecule has 0 bridgehead atoms. The number of nitriles is 1. The van der Waals surface area contributed by atoms with E-state index in [0.29, 0.717) is 22.0 Å². The molecule has 0 radical (unpaired) electrons. The van der Waals surface area contributed by atoms with Gasteiger partial charge in [0.25, 0.3) is 5.91 Å². The number of amides is 1. The molecule has 0 unspecified atom stereocenters. The van der Waals surface area contributed by atoms with Crippen LogP contribution in [0.4, 0.5) is 5.00 Å². The summed E-state index contributed by atoms with van der Waals surface area (Å²) in [5.41, 5.74) is 3.96. The predicted octanol–water partition coefficient (Wildman–Crippen LogP) is 4.16. The van der Waals surface area contributed by atoms with Crippen molar-refractivity contribution in [1.29, 1.82) is 5.26 Å². The average Bonchev–Trinajstić information content (AvgIpc) is 2.94. The maximum atomic E-state index is 12.2. The fourth-order valence-corrected chi connectivity index (χ4v) is 4.80. The number of thiophene rings is 1. The zero-order chi connectivity index (χ0) is 19.6. The summed E-state index contributed by atoms with van der Waals surface area (Å²) in [5, 5.41) is 12.8. The van der Waals surface area contributed by atoms with Gasteiger partial charge in [-0.2, -0.15) is 5.26 Å². The molecule has 1 atom stereocenters. The van der Waals surface area contributed by atoms with Gasteiger partial charge >= 0.3 is 5.97 Å². The van der Waals surface area contributed by atoms with Crippen LogP contribution in [-0.4, -0.2) is 18.5 Å². The third-order valence-corrected chi connectivity index (χ3v) is 5.84. The van der Waals surface area contributed by atoms with Crippen molar-refractivity contribution in [2.24, 2.45) is 5.92 Å². The number of ether oxygens (including phenoxy) is 1. The predicted molar refractivity (Wildman–Crippen MR) is 105 cm³/mol. The largest absolute Gasteiger partial charge is 0.452 e. The van der Waals surface area contributed by atoms with Gasteiger partial charge < -0.3 is 10.1 Å². The van der Waals surface area contributed by atoms with Crippen molar-refractivity contribution in [1.82, 2.24) is 0 Å². The molecule has 0 aliphatic heterocycles. The van der Waals surface area contributed by atoms with Gasteiger partial charge in [0.2, 0.25) is 0 Å². The minimum atomic E-state index is -0.531.